The van der Waals surface area contributed by atoms with Crippen LogP contribution in [0.3, 0.4) is 0 Å². The van der Waals surface area contributed by atoms with Crippen molar-refractivity contribution < 1.29 is 14.6 Å². The molecule has 0 aliphatic heterocycles. The van der Waals surface area contributed by atoms with Gasteiger partial charge in [0.05, 0.1) is 18.2 Å². The van der Waals surface area contributed by atoms with Crippen LogP contribution < -0.4 is 10.1 Å². The normalized spacial score (nSPS) is 20.2. The molecule has 1 aliphatic rings. The van der Waals surface area contributed by atoms with Gasteiger partial charge in [0.1, 0.15) is 17.4 Å². The molecule has 5 nitrogen and oxygen atoms in total. The summed E-state index contributed by atoms with van der Waals surface area (Å²) in [5, 5.41) is 15.3. The van der Waals surface area contributed by atoms with Crippen LogP contribution in [0, 0.1) is 6.92 Å². The predicted octanol–water partition coefficient (Wildman–Crippen LogP) is 2.99. The first-order valence-electron chi connectivity index (χ1n) is 8.68. The highest BCUT2D eigenvalue weighted by molar-refractivity contribution is 7.09. The first kappa shape index (κ1) is 17.9. The minimum Gasteiger partial charge on any atom is -0.486 e. The van der Waals surface area contributed by atoms with E-state index in [2.05, 4.69) is 10.3 Å². The molecule has 0 saturated heterocycles. The number of rotatable bonds is 6. The smallest absolute Gasteiger partial charge is 0.226 e. The minimum absolute atomic E-state index is 0.00214. The van der Waals surface area contributed by atoms with Crippen molar-refractivity contribution in [1.82, 2.24) is 10.3 Å². The van der Waals surface area contributed by atoms with E-state index < -0.39 is 0 Å². The lowest BCUT2D eigenvalue weighted by Gasteiger charge is -2.26. The van der Waals surface area contributed by atoms with Gasteiger partial charge in [-0.3, -0.25) is 4.79 Å². The summed E-state index contributed by atoms with van der Waals surface area (Å²) in [7, 11) is 0. The molecule has 0 unspecified atom stereocenters. The van der Waals surface area contributed by atoms with Crippen LogP contribution in [0.15, 0.2) is 29.6 Å². The molecule has 2 aromatic rings. The summed E-state index contributed by atoms with van der Waals surface area (Å²) >= 11 is 1.51. The van der Waals surface area contributed by atoms with Crippen molar-refractivity contribution in [2.24, 2.45) is 0 Å². The van der Waals surface area contributed by atoms with Gasteiger partial charge in [-0.25, -0.2) is 4.98 Å². The summed E-state index contributed by atoms with van der Waals surface area (Å²) in [6, 6.07) is 8.09. The highest BCUT2D eigenvalue weighted by atomic mass is 32.1. The molecule has 1 heterocycles. The number of ether oxygens (including phenoxy) is 1. The zero-order valence-corrected chi connectivity index (χ0v) is 15.2. The Bertz CT molecular complexity index is 691. The van der Waals surface area contributed by atoms with E-state index in [9.17, 15) is 9.90 Å². The number of carbonyl (C=O) groups is 1. The highest BCUT2D eigenvalue weighted by Crippen LogP contribution is 2.19. The van der Waals surface area contributed by atoms with Gasteiger partial charge < -0.3 is 15.2 Å². The van der Waals surface area contributed by atoms with Crippen LogP contribution >= 0.6 is 11.3 Å². The molecule has 1 fully saturated rings. The molecule has 1 saturated carbocycles. The Balaban J connectivity index is 1.44. The van der Waals surface area contributed by atoms with Gasteiger partial charge >= 0.3 is 0 Å². The molecule has 0 spiro atoms. The molecular weight excluding hydrogens is 336 g/mol. The molecule has 1 amide bonds. The largest absolute Gasteiger partial charge is 0.486 e. The van der Waals surface area contributed by atoms with Crippen LogP contribution in [0.1, 0.15) is 41.9 Å². The van der Waals surface area contributed by atoms with E-state index in [4.69, 9.17) is 4.74 Å². The summed E-state index contributed by atoms with van der Waals surface area (Å²) in [6.45, 7) is 2.45. The number of nitrogens with zero attached hydrogens (tertiary/aromatic N) is 1. The maximum atomic E-state index is 12.1. The number of benzene rings is 1. The number of nitrogens with one attached hydrogen (secondary N) is 1. The number of aliphatic hydroxyl groups is 1. The van der Waals surface area contributed by atoms with Crippen LogP contribution in [-0.4, -0.2) is 28.1 Å². The second-order valence-corrected chi connectivity index (χ2v) is 7.53. The Hall–Kier alpha value is -1.92. The van der Waals surface area contributed by atoms with E-state index in [1.165, 1.54) is 16.9 Å². The molecule has 3 rings (SSSR count). The molecule has 1 aromatic carbocycles. The summed E-state index contributed by atoms with van der Waals surface area (Å²) < 4.78 is 5.72. The Labute approximate surface area is 152 Å². The van der Waals surface area contributed by atoms with Gasteiger partial charge in [0.25, 0.3) is 0 Å². The summed E-state index contributed by atoms with van der Waals surface area (Å²) in [6.07, 6.45) is 3.31. The Morgan fingerprint density at radius 1 is 1.28 bits per heavy atom. The van der Waals surface area contributed by atoms with Crippen molar-refractivity contribution >= 4 is 17.2 Å². The van der Waals surface area contributed by atoms with Crippen molar-refractivity contribution in [3.05, 3.63) is 45.9 Å². The fourth-order valence-electron chi connectivity index (χ4n) is 2.94. The average Bonchev–Trinajstić information content (AvgIpc) is 3.04. The lowest BCUT2D eigenvalue weighted by molar-refractivity contribution is -0.121. The molecular formula is C19H24N2O3S. The van der Waals surface area contributed by atoms with Gasteiger partial charge in [-0.05, 0) is 44.7 Å². The van der Waals surface area contributed by atoms with Crippen LogP contribution in [0.25, 0.3) is 0 Å². The van der Waals surface area contributed by atoms with Crippen molar-refractivity contribution in [3.8, 4) is 5.75 Å². The first-order chi connectivity index (χ1) is 12.1. The molecule has 0 bridgehead atoms. The fraction of sp³-hybridized carbons (Fsp3) is 0.474. The molecule has 0 radical (unpaired) electrons. The Morgan fingerprint density at radius 3 is 2.72 bits per heavy atom. The van der Waals surface area contributed by atoms with Crippen molar-refractivity contribution in [3.63, 3.8) is 0 Å². The van der Waals surface area contributed by atoms with E-state index in [0.717, 1.165) is 42.1 Å². The van der Waals surface area contributed by atoms with E-state index in [1.807, 2.05) is 36.6 Å². The van der Waals surface area contributed by atoms with Crippen molar-refractivity contribution in [2.75, 3.05) is 0 Å². The maximum absolute atomic E-state index is 12.1. The topological polar surface area (TPSA) is 71.5 Å². The average molecular weight is 360 g/mol. The molecule has 0 atom stereocenters. The first-order valence-corrected chi connectivity index (χ1v) is 9.56. The zero-order valence-electron chi connectivity index (χ0n) is 14.4. The lowest BCUT2D eigenvalue weighted by Crippen LogP contribution is -2.39. The Morgan fingerprint density at radius 2 is 2.00 bits per heavy atom. The van der Waals surface area contributed by atoms with Crippen LogP contribution in [0.4, 0.5) is 0 Å². The molecule has 134 valence electrons. The van der Waals surface area contributed by atoms with Gasteiger partial charge in [0, 0.05) is 11.4 Å². The number of aliphatic hydroxyl groups excluding tert-OH is 1. The number of thiazole rings is 1. The van der Waals surface area contributed by atoms with Gasteiger partial charge in [-0.15, -0.1) is 11.3 Å². The molecule has 2 N–H and O–H groups in total. The summed E-state index contributed by atoms with van der Waals surface area (Å²) in [4.78, 5) is 16.6. The Kier molecular flexibility index (Phi) is 6.04. The van der Waals surface area contributed by atoms with E-state index in [-0.39, 0.29) is 18.1 Å². The second kappa shape index (κ2) is 8.45. The number of hydrogen-bond donors (Lipinski definition) is 2. The van der Waals surface area contributed by atoms with Gasteiger partial charge in [-0.1, -0.05) is 17.7 Å². The number of hydrogen-bond acceptors (Lipinski definition) is 5. The van der Waals surface area contributed by atoms with Crippen LogP contribution in [0.2, 0.25) is 0 Å². The van der Waals surface area contributed by atoms with Gasteiger partial charge in [0.2, 0.25) is 5.91 Å². The number of aromatic nitrogens is 1. The monoisotopic (exact) mass is 360 g/mol. The standard InChI is InChI=1S/C19H24N2O3S/c1-13-2-8-17(9-3-13)24-11-19-21-15(12-25-19)10-18(23)20-14-4-6-16(22)7-5-14/h2-3,8-9,12,14,16,22H,4-7,10-11H2,1H3,(H,20,23). The van der Waals surface area contributed by atoms with Crippen LogP contribution in [-0.2, 0) is 17.8 Å². The van der Waals surface area contributed by atoms with Crippen molar-refractivity contribution in [2.45, 2.75) is 57.8 Å². The van der Waals surface area contributed by atoms with E-state index in [1.54, 1.807) is 0 Å². The third kappa shape index (κ3) is 5.54. The fourth-order valence-corrected chi connectivity index (χ4v) is 3.64. The lowest BCUT2D eigenvalue weighted by atomic mass is 9.93. The van der Waals surface area contributed by atoms with Crippen molar-refractivity contribution in [1.29, 1.82) is 0 Å². The van der Waals surface area contributed by atoms with Gasteiger partial charge in [-0.2, -0.15) is 0 Å². The zero-order chi connectivity index (χ0) is 17.6. The van der Waals surface area contributed by atoms with Crippen LogP contribution in [0.5, 0.6) is 5.75 Å². The minimum atomic E-state index is -0.206. The molecule has 6 heteroatoms. The SMILES string of the molecule is Cc1ccc(OCc2nc(CC(=O)NC3CCC(O)CC3)cs2)cc1. The highest BCUT2D eigenvalue weighted by Gasteiger charge is 2.21. The third-order valence-corrected chi connectivity index (χ3v) is 5.26. The molecule has 1 aromatic heterocycles. The maximum Gasteiger partial charge on any atom is 0.226 e. The second-order valence-electron chi connectivity index (χ2n) is 6.58. The summed E-state index contributed by atoms with van der Waals surface area (Å²) in [5.41, 5.74) is 1.98. The number of amides is 1. The van der Waals surface area contributed by atoms with E-state index >= 15 is 0 Å². The van der Waals surface area contributed by atoms with E-state index in [0.29, 0.717) is 13.0 Å². The summed E-state index contributed by atoms with van der Waals surface area (Å²) in [5.74, 6) is 0.817. The number of aryl methyl sites for hydroxylation is 1. The quantitative estimate of drug-likeness (QED) is 0.831. The predicted molar refractivity (Wildman–Crippen MR) is 97.7 cm³/mol. The molecule has 1 aliphatic carbocycles. The van der Waals surface area contributed by atoms with Gasteiger partial charge in [0.15, 0.2) is 0 Å². The third-order valence-electron chi connectivity index (χ3n) is 4.39. The number of carbonyl (C=O) groups excluding carboxylic acids is 1. The molecule has 25 heavy (non-hydrogen) atoms.